The van der Waals surface area contributed by atoms with Crippen molar-refractivity contribution >= 4 is 17.9 Å². The number of halogens is 1. The Labute approximate surface area is 152 Å². The fourth-order valence-corrected chi connectivity index (χ4v) is 3.79. The van der Waals surface area contributed by atoms with E-state index in [4.69, 9.17) is 20.9 Å². The first-order chi connectivity index (χ1) is 12.1. The van der Waals surface area contributed by atoms with Crippen LogP contribution in [0.4, 0.5) is 0 Å². The number of aryl methyl sites for hydroxylation is 1. The molecule has 5 nitrogen and oxygen atoms in total. The largest absolute Gasteiger partial charge is 0.373 e. The van der Waals surface area contributed by atoms with Gasteiger partial charge in [-0.1, -0.05) is 22.8 Å². The van der Waals surface area contributed by atoms with E-state index >= 15 is 0 Å². The highest BCUT2D eigenvalue weighted by Crippen LogP contribution is 2.39. The van der Waals surface area contributed by atoms with Crippen molar-refractivity contribution in [3.63, 3.8) is 0 Å². The third-order valence-electron chi connectivity index (χ3n) is 4.98. The molecule has 0 bridgehead atoms. The summed E-state index contributed by atoms with van der Waals surface area (Å²) in [4.78, 5) is 13.4. The van der Waals surface area contributed by atoms with Crippen molar-refractivity contribution in [3.05, 3.63) is 51.9 Å². The fraction of sp³-hybridized carbons (Fsp3) is 0.474. The molecule has 0 spiro atoms. The number of rotatable bonds is 6. The van der Waals surface area contributed by atoms with Gasteiger partial charge in [0.1, 0.15) is 12.0 Å². The molecule has 0 amide bonds. The lowest BCUT2D eigenvalue weighted by molar-refractivity contribution is -0.107. The van der Waals surface area contributed by atoms with Crippen molar-refractivity contribution in [2.75, 3.05) is 20.2 Å². The molecule has 2 heterocycles. The molecule has 1 saturated heterocycles. The lowest BCUT2D eigenvalue weighted by atomic mass is 9.81. The van der Waals surface area contributed by atoms with Crippen molar-refractivity contribution in [2.24, 2.45) is 0 Å². The van der Waals surface area contributed by atoms with Crippen molar-refractivity contribution < 1.29 is 14.1 Å². The maximum absolute atomic E-state index is 11.0. The summed E-state index contributed by atoms with van der Waals surface area (Å²) in [6.45, 7) is 4.43. The van der Waals surface area contributed by atoms with E-state index in [2.05, 4.69) is 10.1 Å². The quantitative estimate of drug-likeness (QED) is 0.736. The van der Waals surface area contributed by atoms with Gasteiger partial charge in [-0.2, -0.15) is 0 Å². The van der Waals surface area contributed by atoms with Crippen LogP contribution in [-0.2, 0) is 28.1 Å². The first-order valence-corrected chi connectivity index (χ1v) is 8.86. The lowest BCUT2D eigenvalue weighted by Crippen LogP contribution is -2.44. The minimum atomic E-state index is -0.403. The van der Waals surface area contributed by atoms with Crippen LogP contribution in [-0.4, -0.2) is 36.5 Å². The molecule has 1 aromatic carbocycles. The predicted octanol–water partition coefficient (Wildman–Crippen LogP) is 3.52. The van der Waals surface area contributed by atoms with Gasteiger partial charge in [0.15, 0.2) is 0 Å². The normalized spacial score (nSPS) is 17.6. The van der Waals surface area contributed by atoms with Crippen molar-refractivity contribution in [3.8, 4) is 0 Å². The average Bonchev–Trinajstić information content (AvgIpc) is 3.02. The number of ether oxygens (including phenoxy) is 1. The third-order valence-corrected chi connectivity index (χ3v) is 5.22. The molecule has 0 unspecified atom stereocenters. The van der Waals surface area contributed by atoms with Gasteiger partial charge in [0.05, 0.1) is 11.3 Å². The Balaban J connectivity index is 1.77. The molecular formula is C19H23ClN2O3. The maximum Gasteiger partial charge on any atom is 0.133 e. The Kier molecular flexibility index (Phi) is 5.57. The highest BCUT2D eigenvalue weighted by molar-refractivity contribution is 6.30. The van der Waals surface area contributed by atoms with Crippen LogP contribution in [0.15, 0.2) is 28.8 Å². The summed E-state index contributed by atoms with van der Waals surface area (Å²) in [6.07, 6.45) is 2.98. The van der Waals surface area contributed by atoms with Crippen LogP contribution < -0.4 is 0 Å². The zero-order chi connectivity index (χ0) is 17.9. The predicted molar refractivity (Wildman–Crippen MR) is 95.7 cm³/mol. The van der Waals surface area contributed by atoms with Crippen LogP contribution in [0.3, 0.4) is 0 Å². The molecule has 0 aliphatic carbocycles. The van der Waals surface area contributed by atoms with Gasteiger partial charge >= 0.3 is 0 Å². The van der Waals surface area contributed by atoms with Crippen LogP contribution >= 0.6 is 11.6 Å². The molecule has 134 valence electrons. The molecule has 0 N–H and O–H groups in total. The average molecular weight is 363 g/mol. The summed E-state index contributed by atoms with van der Waals surface area (Å²) in [6, 6.07) is 7.67. The van der Waals surface area contributed by atoms with E-state index in [9.17, 15) is 4.79 Å². The number of likely N-dealkylation sites (tertiary alicyclic amines) is 1. The van der Waals surface area contributed by atoms with Gasteiger partial charge < -0.3 is 14.1 Å². The summed E-state index contributed by atoms with van der Waals surface area (Å²) < 4.78 is 11.1. The fourth-order valence-electron chi connectivity index (χ4n) is 3.62. The Bertz CT molecular complexity index is 736. The Hall–Kier alpha value is -1.69. The molecule has 1 fully saturated rings. The van der Waals surface area contributed by atoms with Gasteiger partial charge in [-0.25, -0.2) is 0 Å². The van der Waals surface area contributed by atoms with Crippen molar-refractivity contribution in [2.45, 2.75) is 38.3 Å². The Morgan fingerprint density at radius 3 is 2.72 bits per heavy atom. The monoisotopic (exact) mass is 362 g/mol. The highest BCUT2D eigenvalue weighted by atomic mass is 35.5. The standard InChI is InChI=1S/C19H23ClN2O3/c1-14-11-17(21-25-14)13-22-8-6-19(24-2,7-9-22)18-12-16(20)4-3-15(18)5-10-23/h3-4,10-12H,5-9,13H2,1-2H3. The van der Waals surface area contributed by atoms with E-state index in [-0.39, 0.29) is 0 Å². The van der Waals surface area contributed by atoms with Gasteiger partial charge in [-0.05, 0) is 43.0 Å². The van der Waals surface area contributed by atoms with E-state index in [1.54, 1.807) is 7.11 Å². The van der Waals surface area contributed by atoms with Crippen LogP contribution in [0.5, 0.6) is 0 Å². The summed E-state index contributed by atoms with van der Waals surface area (Å²) in [7, 11) is 1.74. The molecule has 1 aromatic heterocycles. The Morgan fingerprint density at radius 1 is 1.36 bits per heavy atom. The minimum Gasteiger partial charge on any atom is -0.373 e. The number of hydrogen-bond acceptors (Lipinski definition) is 5. The van der Waals surface area contributed by atoms with Crippen LogP contribution in [0, 0.1) is 6.92 Å². The van der Waals surface area contributed by atoms with E-state index in [0.29, 0.717) is 11.4 Å². The van der Waals surface area contributed by atoms with E-state index in [1.807, 2.05) is 31.2 Å². The summed E-state index contributed by atoms with van der Waals surface area (Å²) in [5, 5.41) is 4.74. The van der Waals surface area contributed by atoms with E-state index in [1.165, 1.54) is 0 Å². The zero-order valence-electron chi connectivity index (χ0n) is 14.6. The topological polar surface area (TPSA) is 55.6 Å². The molecule has 0 radical (unpaired) electrons. The number of piperidine rings is 1. The molecule has 1 aliphatic rings. The number of nitrogens with zero attached hydrogens (tertiary/aromatic N) is 2. The second-order valence-electron chi connectivity index (χ2n) is 6.58. The Morgan fingerprint density at radius 2 is 2.12 bits per heavy atom. The number of benzene rings is 1. The lowest BCUT2D eigenvalue weighted by Gasteiger charge is -2.42. The van der Waals surface area contributed by atoms with Crippen molar-refractivity contribution in [1.82, 2.24) is 10.1 Å². The smallest absolute Gasteiger partial charge is 0.133 e. The second-order valence-corrected chi connectivity index (χ2v) is 7.01. The molecule has 0 saturated carbocycles. The molecular weight excluding hydrogens is 340 g/mol. The van der Waals surface area contributed by atoms with Crippen molar-refractivity contribution in [1.29, 1.82) is 0 Å². The van der Waals surface area contributed by atoms with E-state index < -0.39 is 5.60 Å². The minimum absolute atomic E-state index is 0.375. The number of hydrogen-bond donors (Lipinski definition) is 0. The van der Waals surface area contributed by atoms with Gasteiger partial charge in [-0.3, -0.25) is 4.90 Å². The van der Waals surface area contributed by atoms with E-state index in [0.717, 1.165) is 61.3 Å². The summed E-state index contributed by atoms with van der Waals surface area (Å²) in [5.74, 6) is 0.829. The maximum atomic E-state index is 11.0. The molecule has 3 rings (SSSR count). The van der Waals surface area contributed by atoms with Crippen LogP contribution in [0.1, 0.15) is 35.4 Å². The van der Waals surface area contributed by atoms with Gasteiger partial charge in [0.2, 0.25) is 0 Å². The SMILES string of the molecule is COC1(c2cc(Cl)ccc2CC=O)CCN(Cc2cc(C)on2)CC1. The molecule has 2 aromatic rings. The molecule has 0 atom stereocenters. The number of aldehydes is 1. The number of methoxy groups -OCH3 is 1. The molecule has 25 heavy (non-hydrogen) atoms. The highest BCUT2D eigenvalue weighted by Gasteiger charge is 2.38. The number of carbonyl (C=O) groups excluding carboxylic acids is 1. The third kappa shape index (κ3) is 3.94. The van der Waals surface area contributed by atoms with Gasteiger partial charge in [-0.15, -0.1) is 0 Å². The first-order valence-electron chi connectivity index (χ1n) is 8.48. The van der Waals surface area contributed by atoms with Gasteiger partial charge in [0.25, 0.3) is 0 Å². The second kappa shape index (κ2) is 7.68. The van der Waals surface area contributed by atoms with Gasteiger partial charge in [0, 0.05) is 44.3 Å². The number of carbonyl (C=O) groups is 1. The summed E-state index contributed by atoms with van der Waals surface area (Å²) in [5.41, 5.74) is 2.57. The first kappa shape index (κ1) is 18.1. The number of aromatic nitrogens is 1. The van der Waals surface area contributed by atoms with Crippen LogP contribution in [0.2, 0.25) is 5.02 Å². The molecule has 1 aliphatic heterocycles. The van der Waals surface area contributed by atoms with Crippen LogP contribution in [0.25, 0.3) is 0 Å². The zero-order valence-corrected chi connectivity index (χ0v) is 15.4. The molecule has 6 heteroatoms. The summed E-state index contributed by atoms with van der Waals surface area (Å²) >= 11 is 6.22.